The van der Waals surface area contributed by atoms with Gasteiger partial charge in [-0.15, -0.1) is 0 Å². The smallest absolute Gasteiger partial charge is 0.326 e. The van der Waals surface area contributed by atoms with E-state index in [9.17, 15) is 14.4 Å². The number of likely N-dealkylation sites (N-methyl/N-ethyl adjacent to an activating group) is 1. The fourth-order valence-electron chi connectivity index (χ4n) is 1.79. The minimum Gasteiger partial charge on any atom is -0.451 e. The summed E-state index contributed by atoms with van der Waals surface area (Å²) in [6, 6.07) is 5.30. The number of ether oxygens (including phenoxy) is 1. The summed E-state index contributed by atoms with van der Waals surface area (Å²) in [5.74, 6) is -1.32. The SMILES string of the molecule is Cc1ccc(C(=O)NCC(=O)O[C@@H](C)C(=O)N(C)C)cc1C. The van der Waals surface area contributed by atoms with Crippen LogP contribution in [0.3, 0.4) is 0 Å². The molecule has 0 fully saturated rings. The van der Waals surface area contributed by atoms with Crippen LogP contribution < -0.4 is 5.32 Å². The third kappa shape index (κ3) is 4.87. The number of benzene rings is 1. The first-order chi connectivity index (χ1) is 10.2. The molecule has 0 aliphatic heterocycles. The molecule has 0 aliphatic carbocycles. The van der Waals surface area contributed by atoms with E-state index in [0.29, 0.717) is 5.56 Å². The van der Waals surface area contributed by atoms with Gasteiger partial charge in [-0.1, -0.05) is 6.07 Å². The van der Waals surface area contributed by atoms with Crippen molar-refractivity contribution < 1.29 is 19.1 Å². The van der Waals surface area contributed by atoms with Crippen molar-refractivity contribution in [2.45, 2.75) is 26.9 Å². The highest BCUT2D eigenvalue weighted by Gasteiger charge is 2.19. The van der Waals surface area contributed by atoms with Gasteiger partial charge in [-0.25, -0.2) is 0 Å². The summed E-state index contributed by atoms with van der Waals surface area (Å²) in [7, 11) is 3.16. The van der Waals surface area contributed by atoms with Crippen LogP contribution in [0.4, 0.5) is 0 Å². The molecule has 0 spiro atoms. The van der Waals surface area contributed by atoms with Crippen LogP contribution in [0, 0.1) is 13.8 Å². The van der Waals surface area contributed by atoms with Crippen LogP contribution in [0.15, 0.2) is 18.2 Å². The molecule has 2 amide bonds. The van der Waals surface area contributed by atoms with Crippen LogP contribution in [0.2, 0.25) is 0 Å². The molecule has 1 aromatic carbocycles. The molecular formula is C16H22N2O4. The van der Waals surface area contributed by atoms with E-state index >= 15 is 0 Å². The molecule has 0 radical (unpaired) electrons. The number of esters is 1. The molecule has 0 aromatic heterocycles. The average Bonchev–Trinajstić information content (AvgIpc) is 2.46. The van der Waals surface area contributed by atoms with Crippen LogP contribution in [-0.2, 0) is 14.3 Å². The van der Waals surface area contributed by atoms with Crippen LogP contribution in [-0.4, -0.2) is 49.4 Å². The molecule has 22 heavy (non-hydrogen) atoms. The maximum Gasteiger partial charge on any atom is 0.326 e. The molecule has 0 unspecified atom stereocenters. The van der Waals surface area contributed by atoms with E-state index in [1.807, 2.05) is 19.9 Å². The summed E-state index contributed by atoms with van der Waals surface area (Å²) < 4.78 is 4.96. The number of carbonyl (C=O) groups is 3. The van der Waals surface area contributed by atoms with Gasteiger partial charge in [0.15, 0.2) is 6.10 Å². The van der Waals surface area contributed by atoms with E-state index in [2.05, 4.69) is 5.32 Å². The quantitative estimate of drug-likeness (QED) is 0.825. The van der Waals surface area contributed by atoms with E-state index in [1.54, 1.807) is 26.2 Å². The van der Waals surface area contributed by atoms with Gasteiger partial charge in [0.2, 0.25) is 0 Å². The number of hydrogen-bond donors (Lipinski definition) is 1. The number of rotatable bonds is 5. The second kappa shape index (κ2) is 7.59. The first-order valence-corrected chi connectivity index (χ1v) is 6.98. The summed E-state index contributed by atoms with van der Waals surface area (Å²) in [6.45, 7) is 5.08. The molecule has 1 aromatic rings. The molecular weight excluding hydrogens is 284 g/mol. The highest BCUT2D eigenvalue weighted by Crippen LogP contribution is 2.09. The Morgan fingerprint density at radius 1 is 1.18 bits per heavy atom. The summed E-state index contributed by atoms with van der Waals surface area (Å²) in [4.78, 5) is 36.5. The summed E-state index contributed by atoms with van der Waals surface area (Å²) in [5.41, 5.74) is 2.57. The molecule has 1 atom stereocenters. The molecule has 0 aliphatic rings. The molecule has 6 heteroatoms. The van der Waals surface area contributed by atoms with E-state index in [-0.39, 0.29) is 18.4 Å². The first kappa shape index (κ1) is 17.7. The lowest BCUT2D eigenvalue weighted by Gasteiger charge is -2.17. The minimum atomic E-state index is -0.874. The number of hydrogen-bond acceptors (Lipinski definition) is 4. The lowest BCUT2D eigenvalue weighted by molar-refractivity contribution is -0.157. The summed E-state index contributed by atoms with van der Waals surface area (Å²) in [5, 5.41) is 2.48. The maximum atomic E-state index is 11.9. The largest absolute Gasteiger partial charge is 0.451 e. The third-order valence-electron chi connectivity index (χ3n) is 3.26. The zero-order chi connectivity index (χ0) is 16.9. The molecule has 120 valence electrons. The monoisotopic (exact) mass is 306 g/mol. The van der Waals surface area contributed by atoms with Crippen molar-refractivity contribution in [2.24, 2.45) is 0 Å². The zero-order valence-electron chi connectivity index (χ0n) is 13.6. The van der Waals surface area contributed by atoms with Gasteiger partial charge in [0.25, 0.3) is 11.8 Å². The molecule has 6 nitrogen and oxygen atoms in total. The molecule has 1 rings (SSSR count). The van der Waals surface area contributed by atoms with Crippen molar-refractivity contribution in [1.29, 1.82) is 0 Å². The summed E-state index contributed by atoms with van der Waals surface area (Å²) in [6.07, 6.45) is -0.874. The molecule has 1 N–H and O–H groups in total. The first-order valence-electron chi connectivity index (χ1n) is 6.98. The third-order valence-corrected chi connectivity index (χ3v) is 3.26. The van der Waals surface area contributed by atoms with E-state index in [0.717, 1.165) is 11.1 Å². The highest BCUT2D eigenvalue weighted by molar-refractivity contribution is 5.96. The Bertz CT molecular complexity index is 582. The second-order valence-corrected chi connectivity index (χ2v) is 5.35. The minimum absolute atomic E-state index is 0.281. The van der Waals surface area contributed by atoms with Gasteiger partial charge < -0.3 is 15.0 Å². The number of nitrogens with one attached hydrogen (secondary N) is 1. The fourth-order valence-corrected chi connectivity index (χ4v) is 1.79. The standard InChI is InChI=1S/C16H22N2O4/c1-10-6-7-13(8-11(10)2)15(20)17-9-14(19)22-12(3)16(21)18(4)5/h6-8,12H,9H2,1-5H3,(H,17,20)/t12-/m0/s1. The van der Waals surface area contributed by atoms with Gasteiger partial charge in [-0.2, -0.15) is 0 Å². The number of aryl methyl sites for hydroxylation is 2. The van der Waals surface area contributed by atoms with E-state index in [4.69, 9.17) is 4.74 Å². The van der Waals surface area contributed by atoms with Gasteiger partial charge in [0.05, 0.1) is 0 Å². The van der Waals surface area contributed by atoms with Gasteiger partial charge in [0, 0.05) is 19.7 Å². The van der Waals surface area contributed by atoms with Crippen LogP contribution in [0.1, 0.15) is 28.4 Å². The Morgan fingerprint density at radius 2 is 1.82 bits per heavy atom. The van der Waals surface area contributed by atoms with Crippen LogP contribution in [0.5, 0.6) is 0 Å². The second-order valence-electron chi connectivity index (χ2n) is 5.35. The van der Waals surface area contributed by atoms with Crippen molar-refractivity contribution in [3.63, 3.8) is 0 Å². The molecule has 0 saturated heterocycles. The van der Waals surface area contributed by atoms with Gasteiger partial charge >= 0.3 is 5.97 Å². The number of nitrogens with zero attached hydrogens (tertiary/aromatic N) is 1. The topological polar surface area (TPSA) is 75.7 Å². The number of carbonyl (C=O) groups excluding carboxylic acids is 3. The van der Waals surface area contributed by atoms with Crippen LogP contribution in [0.25, 0.3) is 0 Å². The Hall–Kier alpha value is -2.37. The van der Waals surface area contributed by atoms with Crippen molar-refractivity contribution in [1.82, 2.24) is 10.2 Å². The predicted octanol–water partition coefficient (Wildman–Crippen LogP) is 1.05. The van der Waals surface area contributed by atoms with Crippen molar-refractivity contribution >= 4 is 17.8 Å². The average molecular weight is 306 g/mol. The van der Waals surface area contributed by atoms with Gasteiger partial charge in [-0.05, 0) is 44.0 Å². The summed E-state index contributed by atoms with van der Waals surface area (Å²) >= 11 is 0. The van der Waals surface area contributed by atoms with E-state index < -0.39 is 12.1 Å². The Morgan fingerprint density at radius 3 is 2.36 bits per heavy atom. The van der Waals surface area contributed by atoms with Crippen molar-refractivity contribution in [3.8, 4) is 0 Å². The zero-order valence-corrected chi connectivity index (χ0v) is 13.6. The van der Waals surface area contributed by atoms with Crippen molar-refractivity contribution in [2.75, 3.05) is 20.6 Å². The molecule has 0 saturated carbocycles. The lowest BCUT2D eigenvalue weighted by atomic mass is 10.1. The van der Waals surface area contributed by atoms with Gasteiger partial charge in [0.1, 0.15) is 6.54 Å². The predicted molar refractivity (Wildman–Crippen MR) is 82.5 cm³/mol. The Balaban J connectivity index is 2.51. The highest BCUT2D eigenvalue weighted by atomic mass is 16.5. The molecule has 0 bridgehead atoms. The normalized spacial score (nSPS) is 11.5. The Kier molecular flexibility index (Phi) is 6.10. The Labute approximate surface area is 130 Å². The van der Waals surface area contributed by atoms with Crippen LogP contribution >= 0.6 is 0 Å². The fraction of sp³-hybridized carbons (Fsp3) is 0.438. The van der Waals surface area contributed by atoms with E-state index in [1.165, 1.54) is 11.8 Å². The lowest BCUT2D eigenvalue weighted by Crippen LogP contribution is -2.38. The number of amides is 2. The van der Waals surface area contributed by atoms with Crippen molar-refractivity contribution in [3.05, 3.63) is 34.9 Å². The maximum absolute atomic E-state index is 11.9. The van der Waals surface area contributed by atoms with Gasteiger partial charge in [-0.3, -0.25) is 14.4 Å². The molecule has 0 heterocycles.